The van der Waals surface area contributed by atoms with Crippen molar-refractivity contribution in [1.29, 1.82) is 0 Å². The van der Waals surface area contributed by atoms with Crippen LogP contribution in [0.3, 0.4) is 0 Å². The van der Waals surface area contributed by atoms with Gasteiger partial charge in [0.25, 0.3) is 0 Å². The Balaban J connectivity index is 2.31. The van der Waals surface area contributed by atoms with E-state index in [9.17, 15) is 8.42 Å². The molecule has 20 heavy (non-hydrogen) atoms. The second kappa shape index (κ2) is 7.89. The first-order valence-electron chi connectivity index (χ1n) is 6.58. The van der Waals surface area contributed by atoms with Gasteiger partial charge in [0.2, 0.25) is 0 Å². The highest BCUT2D eigenvalue weighted by atomic mass is 32.2. The van der Waals surface area contributed by atoms with Gasteiger partial charge in [0.1, 0.15) is 9.84 Å². The summed E-state index contributed by atoms with van der Waals surface area (Å²) in [4.78, 5) is 4.10. The molecule has 0 bridgehead atoms. The molecule has 0 aliphatic rings. The molecule has 0 radical (unpaired) electrons. The first kappa shape index (κ1) is 16.5. The minimum atomic E-state index is -2.89. The predicted molar refractivity (Wildman–Crippen MR) is 83.7 cm³/mol. The Morgan fingerprint density at radius 3 is 2.40 bits per heavy atom. The molecule has 0 spiro atoms. The molecule has 0 saturated carbocycles. The van der Waals surface area contributed by atoms with Crippen LogP contribution in [-0.2, 0) is 16.4 Å². The zero-order valence-electron chi connectivity index (χ0n) is 12.3. The van der Waals surface area contributed by atoms with Crippen LogP contribution < -0.4 is 10.6 Å². The van der Waals surface area contributed by atoms with Crippen LogP contribution in [0.4, 0.5) is 0 Å². The first-order chi connectivity index (χ1) is 9.40. The molecule has 0 amide bonds. The summed E-state index contributed by atoms with van der Waals surface area (Å²) in [5.74, 6) is 0.869. The minimum absolute atomic E-state index is 0.189. The van der Waals surface area contributed by atoms with Gasteiger partial charge in [0.05, 0.1) is 5.75 Å². The number of hydrogen-bond donors (Lipinski definition) is 2. The second-order valence-electron chi connectivity index (χ2n) is 4.82. The van der Waals surface area contributed by atoms with Gasteiger partial charge in [-0.05, 0) is 18.9 Å². The number of guanidine groups is 1. The van der Waals surface area contributed by atoms with Crippen molar-refractivity contribution in [3.63, 3.8) is 0 Å². The smallest absolute Gasteiger partial charge is 0.191 e. The zero-order chi connectivity index (χ0) is 15.0. The average Bonchev–Trinajstić information content (AvgIpc) is 2.39. The third kappa shape index (κ3) is 7.13. The van der Waals surface area contributed by atoms with Crippen LogP contribution >= 0.6 is 0 Å². The van der Waals surface area contributed by atoms with E-state index in [2.05, 4.69) is 46.8 Å². The molecule has 112 valence electrons. The summed E-state index contributed by atoms with van der Waals surface area (Å²) in [6.45, 7) is 3.33. The van der Waals surface area contributed by atoms with E-state index in [0.29, 0.717) is 25.5 Å². The maximum atomic E-state index is 11.0. The third-order valence-electron chi connectivity index (χ3n) is 2.79. The fraction of sp³-hybridized carbons (Fsp3) is 0.500. The summed E-state index contributed by atoms with van der Waals surface area (Å²) < 4.78 is 22.0. The number of aryl methyl sites for hydroxylation is 1. The van der Waals surface area contributed by atoms with Crippen molar-refractivity contribution in [3.8, 4) is 0 Å². The van der Waals surface area contributed by atoms with E-state index in [1.165, 1.54) is 17.4 Å². The molecule has 1 aromatic carbocycles. The monoisotopic (exact) mass is 297 g/mol. The predicted octanol–water partition coefficient (Wildman–Crippen LogP) is 1.09. The molecule has 0 aliphatic carbocycles. The molecule has 0 saturated heterocycles. The summed E-state index contributed by atoms with van der Waals surface area (Å²) in [5, 5.41) is 6.29. The lowest BCUT2D eigenvalue weighted by Gasteiger charge is -2.11. The molecule has 1 aromatic rings. The van der Waals surface area contributed by atoms with E-state index in [0.717, 1.165) is 0 Å². The Bertz CT molecular complexity index is 536. The maximum Gasteiger partial charge on any atom is 0.191 e. The summed E-state index contributed by atoms with van der Waals surface area (Å²) >= 11 is 0. The molecule has 6 heteroatoms. The zero-order valence-corrected chi connectivity index (χ0v) is 13.1. The summed E-state index contributed by atoms with van der Waals surface area (Å²) in [6.07, 6.45) is 1.82. The third-order valence-corrected chi connectivity index (χ3v) is 3.82. The largest absolute Gasteiger partial charge is 0.356 e. The number of nitrogens with one attached hydrogen (secondary N) is 2. The van der Waals surface area contributed by atoms with E-state index in [4.69, 9.17) is 0 Å². The van der Waals surface area contributed by atoms with E-state index in [-0.39, 0.29) is 5.75 Å². The lowest BCUT2D eigenvalue weighted by atomic mass is 10.1. The van der Waals surface area contributed by atoms with Gasteiger partial charge in [0.15, 0.2) is 5.96 Å². The fourth-order valence-electron chi connectivity index (χ4n) is 1.65. The van der Waals surface area contributed by atoms with E-state index in [1.54, 1.807) is 7.05 Å². The molecule has 2 N–H and O–H groups in total. The molecule has 1 rings (SSSR count). The van der Waals surface area contributed by atoms with Gasteiger partial charge in [-0.2, -0.15) is 0 Å². The van der Waals surface area contributed by atoms with Crippen LogP contribution in [0.15, 0.2) is 29.3 Å². The van der Waals surface area contributed by atoms with Crippen molar-refractivity contribution in [1.82, 2.24) is 10.6 Å². The van der Waals surface area contributed by atoms with Gasteiger partial charge in [-0.3, -0.25) is 4.99 Å². The molecule has 5 nitrogen and oxygen atoms in total. The van der Waals surface area contributed by atoms with Crippen molar-refractivity contribution in [2.75, 3.05) is 25.6 Å². The number of rotatable bonds is 6. The minimum Gasteiger partial charge on any atom is -0.356 e. The fourth-order valence-corrected chi connectivity index (χ4v) is 2.32. The standard InChI is InChI=1S/C14H23N3O2S/c1-12-5-7-13(8-6-12)11-17-14(15-2)16-9-4-10-20(3,18)19/h5-8H,4,9-11H2,1-3H3,(H2,15,16,17). The van der Waals surface area contributed by atoms with Crippen molar-refractivity contribution < 1.29 is 8.42 Å². The Kier molecular flexibility index (Phi) is 6.51. The molecule has 0 unspecified atom stereocenters. The van der Waals surface area contributed by atoms with Crippen LogP contribution in [0.2, 0.25) is 0 Å². The van der Waals surface area contributed by atoms with Gasteiger partial charge in [-0.25, -0.2) is 8.42 Å². The van der Waals surface area contributed by atoms with Gasteiger partial charge >= 0.3 is 0 Å². The second-order valence-corrected chi connectivity index (χ2v) is 7.08. The van der Waals surface area contributed by atoms with Gasteiger partial charge in [-0.15, -0.1) is 0 Å². The van der Waals surface area contributed by atoms with Crippen molar-refractivity contribution in [2.24, 2.45) is 4.99 Å². The highest BCUT2D eigenvalue weighted by Crippen LogP contribution is 2.02. The molecule has 0 aromatic heterocycles. The van der Waals surface area contributed by atoms with Crippen molar-refractivity contribution in [2.45, 2.75) is 19.9 Å². The molecule has 0 aliphatic heterocycles. The molecular formula is C14H23N3O2S. The van der Waals surface area contributed by atoms with Crippen LogP contribution in [0.25, 0.3) is 0 Å². The van der Waals surface area contributed by atoms with Crippen molar-refractivity contribution in [3.05, 3.63) is 35.4 Å². The quantitative estimate of drug-likeness (QED) is 0.468. The Labute approximate surface area is 121 Å². The number of aliphatic imine (C=N–C) groups is 1. The van der Waals surface area contributed by atoms with Crippen LogP contribution in [0.1, 0.15) is 17.5 Å². The SMILES string of the molecule is CN=C(NCCCS(C)(=O)=O)NCc1ccc(C)cc1. The number of nitrogens with zero attached hydrogens (tertiary/aromatic N) is 1. The van der Waals surface area contributed by atoms with E-state index in [1.807, 2.05) is 0 Å². The Hall–Kier alpha value is -1.56. The number of benzene rings is 1. The lowest BCUT2D eigenvalue weighted by molar-refractivity contribution is 0.598. The number of sulfone groups is 1. The molecule has 0 fully saturated rings. The molecule has 0 heterocycles. The average molecular weight is 297 g/mol. The van der Waals surface area contributed by atoms with Crippen LogP contribution in [0, 0.1) is 6.92 Å². The molecule has 0 atom stereocenters. The lowest BCUT2D eigenvalue weighted by Crippen LogP contribution is -2.37. The summed E-state index contributed by atoms with van der Waals surface area (Å²) in [6, 6.07) is 8.27. The Morgan fingerprint density at radius 1 is 1.20 bits per heavy atom. The summed E-state index contributed by atoms with van der Waals surface area (Å²) in [5.41, 5.74) is 2.41. The van der Waals surface area contributed by atoms with Crippen LogP contribution in [-0.4, -0.2) is 40.0 Å². The van der Waals surface area contributed by atoms with E-state index >= 15 is 0 Å². The summed E-state index contributed by atoms with van der Waals surface area (Å²) in [7, 11) is -1.19. The molecular weight excluding hydrogens is 274 g/mol. The topological polar surface area (TPSA) is 70.6 Å². The van der Waals surface area contributed by atoms with Gasteiger partial charge < -0.3 is 10.6 Å². The van der Waals surface area contributed by atoms with Gasteiger partial charge in [0, 0.05) is 26.4 Å². The normalized spacial score (nSPS) is 12.2. The maximum absolute atomic E-state index is 11.0. The number of hydrogen-bond acceptors (Lipinski definition) is 3. The van der Waals surface area contributed by atoms with Crippen LogP contribution in [0.5, 0.6) is 0 Å². The highest BCUT2D eigenvalue weighted by molar-refractivity contribution is 7.90. The van der Waals surface area contributed by atoms with Crippen molar-refractivity contribution >= 4 is 15.8 Å². The Morgan fingerprint density at radius 2 is 1.85 bits per heavy atom. The van der Waals surface area contributed by atoms with Gasteiger partial charge in [-0.1, -0.05) is 29.8 Å². The highest BCUT2D eigenvalue weighted by Gasteiger charge is 2.02. The first-order valence-corrected chi connectivity index (χ1v) is 8.64. The van der Waals surface area contributed by atoms with E-state index < -0.39 is 9.84 Å².